The Morgan fingerprint density at radius 2 is 2.27 bits per heavy atom. The number of aryl methyl sites for hydroxylation is 1. The number of pyridine rings is 1. The summed E-state index contributed by atoms with van der Waals surface area (Å²) in [6.07, 6.45) is 3.99. The number of rotatable bonds is 4. The number of nitrogens with zero attached hydrogens (tertiary/aromatic N) is 3. The molecule has 3 heterocycles. The maximum absolute atomic E-state index is 12.6. The van der Waals surface area contributed by atoms with Crippen LogP contribution in [0.2, 0.25) is 0 Å². The summed E-state index contributed by atoms with van der Waals surface area (Å²) in [7, 11) is 0. The number of carbonyl (C=O) groups is 1. The fourth-order valence-electron chi connectivity index (χ4n) is 2.24. The van der Waals surface area contributed by atoms with Crippen molar-refractivity contribution in [1.82, 2.24) is 14.5 Å². The van der Waals surface area contributed by atoms with E-state index in [0.29, 0.717) is 21.6 Å². The van der Waals surface area contributed by atoms with Crippen molar-refractivity contribution in [3.63, 3.8) is 0 Å². The first-order chi connectivity index (χ1) is 10.6. The summed E-state index contributed by atoms with van der Waals surface area (Å²) in [6, 6.07) is 5.27. The summed E-state index contributed by atoms with van der Waals surface area (Å²) in [5, 5.41) is 9.55. The monoisotopic (exact) mass is 315 g/mol. The third-order valence-electron chi connectivity index (χ3n) is 3.26. The Hall–Kier alpha value is -2.54. The van der Waals surface area contributed by atoms with Crippen molar-refractivity contribution in [2.45, 2.75) is 19.9 Å². The van der Waals surface area contributed by atoms with Crippen molar-refractivity contribution in [3.05, 3.63) is 45.8 Å². The second-order valence-electron chi connectivity index (χ2n) is 4.75. The minimum atomic E-state index is -1.08. The third-order valence-corrected chi connectivity index (χ3v) is 4.44. The Kier molecular flexibility index (Phi) is 3.72. The zero-order valence-electron chi connectivity index (χ0n) is 11.8. The van der Waals surface area contributed by atoms with Crippen LogP contribution >= 0.6 is 11.3 Å². The fourth-order valence-corrected chi connectivity index (χ4v) is 3.20. The second-order valence-corrected chi connectivity index (χ2v) is 5.86. The first kappa shape index (κ1) is 14.4. The lowest BCUT2D eigenvalue weighted by atomic mass is 10.2. The van der Waals surface area contributed by atoms with E-state index in [4.69, 9.17) is 5.11 Å². The molecule has 0 bridgehead atoms. The van der Waals surface area contributed by atoms with Gasteiger partial charge in [-0.15, -0.1) is 11.3 Å². The van der Waals surface area contributed by atoms with Gasteiger partial charge in [0.05, 0.1) is 5.39 Å². The molecule has 112 valence electrons. The molecule has 0 saturated heterocycles. The Balaban J connectivity index is 2.33. The van der Waals surface area contributed by atoms with Gasteiger partial charge in [0, 0.05) is 22.8 Å². The fraction of sp³-hybridized carbons (Fsp3) is 0.200. The predicted octanol–water partition coefficient (Wildman–Crippen LogP) is 2.17. The van der Waals surface area contributed by atoms with Gasteiger partial charge in [0.2, 0.25) is 0 Å². The average molecular weight is 315 g/mol. The molecular formula is C15H13N3O3S. The zero-order valence-corrected chi connectivity index (χ0v) is 12.6. The maximum Gasteiger partial charge on any atom is 0.323 e. The van der Waals surface area contributed by atoms with Crippen LogP contribution in [0.1, 0.15) is 11.8 Å². The van der Waals surface area contributed by atoms with Crippen molar-refractivity contribution in [2.24, 2.45) is 0 Å². The van der Waals surface area contributed by atoms with Crippen molar-refractivity contribution in [2.75, 3.05) is 0 Å². The Morgan fingerprint density at radius 3 is 2.91 bits per heavy atom. The lowest BCUT2D eigenvalue weighted by Crippen LogP contribution is -2.26. The quantitative estimate of drug-likeness (QED) is 0.797. The lowest BCUT2D eigenvalue weighted by Gasteiger charge is -2.09. The summed E-state index contributed by atoms with van der Waals surface area (Å²) in [5.41, 5.74) is 0.288. The number of hydrogen-bond donors (Lipinski definition) is 1. The number of carboxylic acids is 1. The molecule has 1 N–H and O–H groups in total. The largest absolute Gasteiger partial charge is 0.480 e. The van der Waals surface area contributed by atoms with Gasteiger partial charge < -0.3 is 5.11 Å². The van der Waals surface area contributed by atoms with Crippen molar-refractivity contribution in [1.29, 1.82) is 0 Å². The molecule has 0 spiro atoms. The minimum absolute atomic E-state index is 0.331. The molecule has 6 nitrogen and oxygen atoms in total. The lowest BCUT2D eigenvalue weighted by molar-refractivity contribution is -0.137. The van der Waals surface area contributed by atoms with E-state index in [2.05, 4.69) is 9.97 Å². The highest BCUT2D eigenvalue weighted by Gasteiger charge is 2.17. The first-order valence-corrected chi connectivity index (χ1v) is 7.57. The van der Waals surface area contributed by atoms with Gasteiger partial charge in [-0.25, -0.2) is 4.98 Å². The number of aliphatic carboxylic acids is 1. The van der Waals surface area contributed by atoms with E-state index >= 15 is 0 Å². The number of aromatic nitrogens is 3. The molecule has 22 heavy (non-hydrogen) atoms. The highest BCUT2D eigenvalue weighted by atomic mass is 32.1. The molecular weight excluding hydrogens is 302 g/mol. The Morgan fingerprint density at radius 1 is 1.45 bits per heavy atom. The minimum Gasteiger partial charge on any atom is -0.480 e. The van der Waals surface area contributed by atoms with E-state index in [1.807, 2.05) is 6.92 Å². The Bertz CT molecular complexity index is 900. The average Bonchev–Trinajstić information content (AvgIpc) is 2.94. The topological polar surface area (TPSA) is 85.1 Å². The smallest absolute Gasteiger partial charge is 0.323 e. The van der Waals surface area contributed by atoms with E-state index < -0.39 is 12.5 Å². The number of carboxylic acid groups (broad SMARTS) is 1. The summed E-state index contributed by atoms with van der Waals surface area (Å²) in [4.78, 5) is 33.9. The van der Waals surface area contributed by atoms with Crippen LogP contribution in [0.5, 0.6) is 0 Å². The van der Waals surface area contributed by atoms with Crippen LogP contribution < -0.4 is 5.56 Å². The molecule has 7 heteroatoms. The standard InChI is InChI=1S/C15H13N3O3S/c1-2-10-6-11-14(22-10)17-13(9-4-3-5-16-7-9)18(15(11)21)8-12(19)20/h3-7H,2,8H2,1H3,(H,19,20). The number of hydrogen-bond acceptors (Lipinski definition) is 5. The van der Waals surface area contributed by atoms with E-state index in [9.17, 15) is 9.59 Å². The van der Waals surface area contributed by atoms with Crippen molar-refractivity contribution in [3.8, 4) is 11.4 Å². The molecule has 3 aromatic rings. The van der Waals surface area contributed by atoms with Crippen LogP contribution in [-0.2, 0) is 17.8 Å². The van der Waals surface area contributed by atoms with E-state index in [0.717, 1.165) is 11.3 Å². The van der Waals surface area contributed by atoms with Gasteiger partial charge in [0.1, 0.15) is 17.2 Å². The van der Waals surface area contributed by atoms with Crippen LogP contribution in [0.4, 0.5) is 0 Å². The van der Waals surface area contributed by atoms with Gasteiger partial charge in [0.15, 0.2) is 0 Å². The van der Waals surface area contributed by atoms with Gasteiger partial charge in [-0.1, -0.05) is 6.92 Å². The predicted molar refractivity (Wildman–Crippen MR) is 84.1 cm³/mol. The van der Waals surface area contributed by atoms with Crippen LogP contribution in [0.3, 0.4) is 0 Å². The molecule has 0 aromatic carbocycles. The third kappa shape index (κ3) is 2.50. The van der Waals surface area contributed by atoms with E-state index in [-0.39, 0.29) is 5.56 Å². The van der Waals surface area contributed by atoms with Gasteiger partial charge in [-0.2, -0.15) is 0 Å². The van der Waals surface area contributed by atoms with Crippen LogP contribution in [0.15, 0.2) is 35.4 Å². The summed E-state index contributed by atoms with van der Waals surface area (Å²) in [5.74, 6) is -0.753. The molecule has 0 atom stereocenters. The molecule has 0 saturated carbocycles. The van der Waals surface area contributed by atoms with E-state index in [1.54, 1.807) is 30.6 Å². The summed E-state index contributed by atoms with van der Waals surface area (Å²) < 4.78 is 1.19. The molecule has 0 unspecified atom stereocenters. The van der Waals surface area contributed by atoms with Gasteiger partial charge >= 0.3 is 5.97 Å². The summed E-state index contributed by atoms with van der Waals surface area (Å²) in [6.45, 7) is 1.58. The maximum atomic E-state index is 12.6. The first-order valence-electron chi connectivity index (χ1n) is 6.75. The second kappa shape index (κ2) is 5.69. The summed E-state index contributed by atoms with van der Waals surface area (Å²) >= 11 is 1.46. The van der Waals surface area contributed by atoms with Crippen LogP contribution in [0, 0.1) is 0 Å². The normalized spacial score (nSPS) is 11.0. The number of thiophene rings is 1. The van der Waals surface area contributed by atoms with Gasteiger partial charge in [-0.3, -0.25) is 19.1 Å². The Labute approximate surface area is 129 Å². The number of fused-ring (bicyclic) bond motifs is 1. The van der Waals surface area contributed by atoms with E-state index in [1.165, 1.54) is 15.9 Å². The molecule has 0 fully saturated rings. The van der Waals surface area contributed by atoms with Crippen molar-refractivity contribution < 1.29 is 9.90 Å². The zero-order chi connectivity index (χ0) is 15.7. The highest BCUT2D eigenvalue weighted by Crippen LogP contribution is 2.25. The molecule has 3 aromatic heterocycles. The molecule has 0 amide bonds. The van der Waals surface area contributed by atoms with Crippen LogP contribution in [0.25, 0.3) is 21.6 Å². The van der Waals surface area contributed by atoms with Gasteiger partial charge in [-0.05, 0) is 24.6 Å². The van der Waals surface area contributed by atoms with Gasteiger partial charge in [0.25, 0.3) is 5.56 Å². The molecule has 0 aliphatic carbocycles. The van der Waals surface area contributed by atoms with Crippen LogP contribution in [-0.4, -0.2) is 25.6 Å². The highest BCUT2D eigenvalue weighted by molar-refractivity contribution is 7.18. The SMILES string of the molecule is CCc1cc2c(=O)n(CC(=O)O)c(-c3cccnc3)nc2s1. The molecule has 0 radical (unpaired) electrons. The van der Waals surface area contributed by atoms with Crippen molar-refractivity contribution >= 4 is 27.5 Å². The molecule has 0 aliphatic heterocycles. The molecule has 0 aliphatic rings. The molecule has 3 rings (SSSR count).